The van der Waals surface area contributed by atoms with E-state index in [1.54, 1.807) is 42.6 Å². The molecule has 0 aliphatic heterocycles. The molecule has 4 nitrogen and oxygen atoms in total. The van der Waals surface area contributed by atoms with Gasteiger partial charge in [0.1, 0.15) is 52.7 Å². The quantitative estimate of drug-likeness (QED) is 0.0433. The van der Waals surface area contributed by atoms with Gasteiger partial charge in [0, 0.05) is 17.7 Å². The van der Waals surface area contributed by atoms with Crippen LogP contribution < -0.4 is 26.4 Å². The van der Waals surface area contributed by atoms with E-state index in [0.717, 1.165) is 0 Å². The molecule has 330 valence electrons. The maximum atomic E-state index is 15.4. The lowest BCUT2D eigenvalue weighted by Gasteiger charge is -2.44. The van der Waals surface area contributed by atoms with E-state index in [2.05, 4.69) is 0 Å². The zero-order valence-corrected chi connectivity index (χ0v) is 29.8. The van der Waals surface area contributed by atoms with Crippen molar-refractivity contribution < 1.29 is 107 Å². The molecule has 0 saturated carbocycles. The van der Waals surface area contributed by atoms with Gasteiger partial charge in [0.15, 0.2) is 76.0 Å². The molecule has 0 aliphatic carbocycles. The average molecular weight is 921 g/mol. The number of rotatable bonds is 8. The third kappa shape index (κ3) is 7.47. The van der Waals surface area contributed by atoms with Gasteiger partial charge in [0.05, 0.1) is 0 Å². The van der Waals surface area contributed by atoms with Gasteiger partial charge in [0.2, 0.25) is 12.3 Å². The van der Waals surface area contributed by atoms with Crippen LogP contribution in [0.25, 0.3) is 0 Å². The number of aromatic carboxylic acids is 1. The van der Waals surface area contributed by atoms with Crippen molar-refractivity contribution in [1.29, 1.82) is 0 Å². The molecule has 0 unspecified atom stereocenters. The molecule has 25 heteroatoms. The van der Waals surface area contributed by atoms with Crippen LogP contribution in [-0.2, 0) is 6.54 Å². The van der Waals surface area contributed by atoms with Crippen LogP contribution >= 0.6 is 0 Å². The summed E-state index contributed by atoms with van der Waals surface area (Å²) in [5.74, 6) is -72.6. The Morgan fingerprint density at radius 2 is 0.635 bits per heavy atom. The summed E-state index contributed by atoms with van der Waals surface area (Å²) in [6.45, 7) is 0.0203. The van der Waals surface area contributed by atoms with Crippen molar-refractivity contribution in [2.75, 3.05) is 0 Å². The minimum absolute atomic E-state index is 0.0203. The summed E-state index contributed by atoms with van der Waals surface area (Å²) in [5.41, 5.74) is -13.7. The smallest absolute Gasteiger partial charge is 0.401 e. The van der Waals surface area contributed by atoms with Gasteiger partial charge in [-0.25, -0.2) is 92.6 Å². The SMILES string of the molecule is Fc1c(F)c(F)c([B-](c2c(F)c(F)c(F)c(F)c2F)(c2c(F)c(F)c(F)c(F)c2F)c2c(F)c(F)c(F)c(F)c2F)c(F)c1F.O=C(C[n+]1ccccc1C(=O)O)c1ccccc1. The van der Waals surface area contributed by atoms with Crippen molar-refractivity contribution >= 4 is 39.7 Å². The second kappa shape index (κ2) is 17.4. The first-order chi connectivity index (χ1) is 29.4. The van der Waals surface area contributed by atoms with E-state index in [0.29, 0.717) is 5.56 Å². The maximum absolute atomic E-state index is 15.4. The van der Waals surface area contributed by atoms with E-state index in [4.69, 9.17) is 5.11 Å². The summed E-state index contributed by atoms with van der Waals surface area (Å²) in [7, 11) is 0. The van der Waals surface area contributed by atoms with Crippen LogP contribution in [0.1, 0.15) is 20.8 Å². The number of Topliss-reactive ketones (excluding diaryl/α,β-unsaturated/α-hetero) is 1. The number of carboxylic acids is 1. The van der Waals surface area contributed by atoms with E-state index >= 15 is 35.1 Å². The lowest BCUT2D eigenvalue weighted by atomic mass is 9.12. The number of carboxylic acid groups (broad SMARTS) is 1. The van der Waals surface area contributed by atoms with Gasteiger partial charge >= 0.3 is 5.97 Å². The van der Waals surface area contributed by atoms with Gasteiger partial charge in [-0.2, -0.15) is 4.57 Å². The highest BCUT2D eigenvalue weighted by Crippen LogP contribution is 2.30. The maximum Gasteiger partial charge on any atom is 0.401 e. The third-order valence-electron chi connectivity index (χ3n) is 9.28. The van der Waals surface area contributed by atoms with Gasteiger partial charge < -0.3 is 5.11 Å². The highest BCUT2D eigenvalue weighted by atomic mass is 19.2. The predicted octanol–water partition coefficient (Wildman–Crippen LogP) is 7.40. The van der Waals surface area contributed by atoms with E-state index in [9.17, 15) is 62.3 Å². The Hall–Kier alpha value is -6.95. The first-order valence-corrected chi connectivity index (χ1v) is 16.4. The minimum atomic E-state index is -7.22. The van der Waals surface area contributed by atoms with Crippen molar-refractivity contribution in [2.24, 2.45) is 0 Å². The van der Waals surface area contributed by atoms with E-state index in [-0.39, 0.29) is 18.0 Å². The zero-order valence-electron chi connectivity index (χ0n) is 29.8. The van der Waals surface area contributed by atoms with Crippen LogP contribution in [0.4, 0.5) is 87.8 Å². The molecule has 1 aromatic heterocycles. The minimum Gasteiger partial charge on any atom is -0.473 e. The van der Waals surface area contributed by atoms with E-state index < -0.39 is 150 Å². The molecule has 0 fully saturated rings. The van der Waals surface area contributed by atoms with Crippen LogP contribution in [0.15, 0.2) is 54.7 Å². The van der Waals surface area contributed by atoms with Crippen molar-refractivity contribution in [3.63, 3.8) is 0 Å². The number of hydrogen-bond acceptors (Lipinski definition) is 2. The Morgan fingerprint density at radius 1 is 0.381 bits per heavy atom. The Morgan fingerprint density at radius 3 is 0.905 bits per heavy atom. The molecule has 0 aliphatic rings. The molecule has 63 heavy (non-hydrogen) atoms. The number of carbonyl (C=O) groups excluding carboxylic acids is 1. The molecule has 0 bridgehead atoms. The lowest BCUT2D eigenvalue weighted by Crippen LogP contribution is -2.81. The monoisotopic (exact) mass is 921 g/mol. The number of pyridine rings is 1. The van der Waals surface area contributed by atoms with Crippen molar-refractivity contribution in [1.82, 2.24) is 0 Å². The second-order valence-electron chi connectivity index (χ2n) is 12.6. The van der Waals surface area contributed by atoms with E-state index in [1.807, 2.05) is 6.07 Å². The van der Waals surface area contributed by atoms with Crippen LogP contribution in [0.2, 0.25) is 0 Å². The molecule has 0 radical (unpaired) electrons. The Bertz CT molecular complexity index is 2500. The van der Waals surface area contributed by atoms with Gasteiger partial charge in [-0.05, 0) is 6.07 Å². The summed E-state index contributed by atoms with van der Waals surface area (Å²) in [4.78, 5) is 23.0. The molecule has 5 aromatic carbocycles. The van der Waals surface area contributed by atoms with Crippen LogP contribution in [0, 0.1) is 116 Å². The number of ketones is 1. The highest BCUT2D eigenvalue weighted by Gasteiger charge is 2.52. The van der Waals surface area contributed by atoms with Crippen LogP contribution in [0.5, 0.6) is 0 Å². The third-order valence-corrected chi connectivity index (χ3v) is 9.28. The molecule has 1 N–H and O–H groups in total. The first-order valence-electron chi connectivity index (χ1n) is 16.4. The first kappa shape index (κ1) is 47.1. The topological polar surface area (TPSA) is 58.2 Å². The molecule has 6 rings (SSSR count). The summed E-state index contributed by atoms with van der Waals surface area (Å²) in [5, 5.41) is 9.02. The number of aromatic nitrogens is 1. The summed E-state index contributed by atoms with van der Waals surface area (Å²) in [6, 6.07) is 13.6. The van der Waals surface area contributed by atoms with Crippen molar-refractivity contribution in [3.8, 4) is 0 Å². The summed E-state index contributed by atoms with van der Waals surface area (Å²) in [6.07, 6.45) is -5.63. The number of halogens is 20. The van der Waals surface area contributed by atoms with Crippen LogP contribution in [-0.4, -0.2) is 23.0 Å². The molecule has 0 spiro atoms. The van der Waals surface area contributed by atoms with E-state index in [1.165, 1.54) is 10.6 Å². The standard InChI is InChI=1S/C24BF20.C14H11NO3/c26-5-1(6(27)14(35)21(42)13(5)34)25(2-7(28)15(36)22(43)16(37)8(2)29,3-9(30)17(38)23(44)18(39)10(3)31)4-11(32)19(40)24(45)20(41)12(4)33;16-13(11-6-2-1-3-7-11)10-15-9-5-4-8-12(15)14(17)18/h;1-9H,10H2/q-1;/p+1. The van der Waals surface area contributed by atoms with Gasteiger partial charge in [-0.1, -0.05) is 30.3 Å². The summed E-state index contributed by atoms with van der Waals surface area (Å²) < 4.78 is 295. The second-order valence-corrected chi connectivity index (χ2v) is 12.6. The Kier molecular flexibility index (Phi) is 13.0. The van der Waals surface area contributed by atoms with Crippen molar-refractivity contribution in [2.45, 2.75) is 6.54 Å². The van der Waals surface area contributed by atoms with Crippen LogP contribution in [0.3, 0.4) is 0 Å². The highest BCUT2D eigenvalue weighted by molar-refractivity contribution is 7.20. The molecule has 0 atom stereocenters. The molecular formula is C38H12BF20NO3. The number of carbonyl (C=O) groups is 2. The van der Waals surface area contributed by atoms with Crippen molar-refractivity contribution in [3.05, 3.63) is 182 Å². The molecule has 6 aromatic rings. The normalized spacial score (nSPS) is 11.4. The van der Waals surface area contributed by atoms with Gasteiger partial charge in [-0.15, -0.1) is 21.9 Å². The molecule has 1 heterocycles. The van der Waals surface area contributed by atoms with Gasteiger partial charge in [-0.3, -0.25) is 4.79 Å². The molecule has 0 saturated heterocycles. The molecular weight excluding hydrogens is 909 g/mol. The number of hydrogen-bond donors (Lipinski definition) is 1. The largest absolute Gasteiger partial charge is 0.473 e. The predicted molar refractivity (Wildman–Crippen MR) is 174 cm³/mol. The lowest BCUT2D eigenvalue weighted by molar-refractivity contribution is -0.685. The Labute approximate surface area is 335 Å². The van der Waals surface area contributed by atoms with Gasteiger partial charge in [0.25, 0.3) is 5.69 Å². The number of nitrogens with zero attached hydrogens (tertiary/aromatic N) is 1. The fourth-order valence-electron chi connectivity index (χ4n) is 6.55. The fraction of sp³-hybridized carbons (Fsp3) is 0.0263. The summed E-state index contributed by atoms with van der Waals surface area (Å²) >= 11 is 0. The zero-order chi connectivity index (χ0) is 47.3. The Balaban J connectivity index is 0.000000345. The fourth-order valence-corrected chi connectivity index (χ4v) is 6.55. The number of benzene rings is 5. The average Bonchev–Trinajstić information content (AvgIpc) is 3.26. The molecule has 0 amide bonds.